The summed E-state index contributed by atoms with van der Waals surface area (Å²) in [6, 6.07) is 0. The average Bonchev–Trinajstić information content (AvgIpc) is 3.24. The molecule has 0 aromatic rings. The summed E-state index contributed by atoms with van der Waals surface area (Å²) >= 11 is 0. The molecule has 128 valence electrons. The molecule has 0 bridgehead atoms. The first kappa shape index (κ1) is 33.3. The Labute approximate surface area is 187 Å². The minimum absolute atomic E-state index is 0. The van der Waals surface area contributed by atoms with E-state index in [1.807, 2.05) is 0 Å². The van der Waals surface area contributed by atoms with Crippen molar-refractivity contribution in [2.75, 3.05) is 19.6 Å². The third kappa shape index (κ3) is 21.7. The first-order chi connectivity index (χ1) is 10.8. The second-order valence-corrected chi connectivity index (χ2v) is 3.55. The SMILES string of the molecule is C1=NC=NC1.C1=NC=NC1.C1=NC=NC1.[O-]C([O-])([O-])C([O-])([O-])[O-].[Zn+2].[Zn+2].[Zn+2]. The molecule has 0 spiro atoms. The largest absolute Gasteiger partial charge is 2.00 e. The van der Waals surface area contributed by atoms with Crippen LogP contribution in [0.5, 0.6) is 0 Å². The molecule has 26 heavy (non-hydrogen) atoms. The van der Waals surface area contributed by atoms with Crippen molar-refractivity contribution < 1.29 is 89.1 Å². The zero-order valence-electron chi connectivity index (χ0n) is 13.8. The number of hydrogen-bond donors (Lipinski definition) is 0. The molecule has 0 amide bonds. The summed E-state index contributed by atoms with van der Waals surface area (Å²) < 4.78 is 0. The van der Waals surface area contributed by atoms with Gasteiger partial charge in [0.05, 0.1) is 19.6 Å². The van der Waals surface area contributed by atoms with Gasteiger partial charge in [-0.25, -0.2) is 15.0 Å². The number of aliphatic imine (C=N–C) groups is 6. The zero-order chi connectivity index (χ0) is 17.6. The van der Waals surface area contributed by atoms with E-state index in [2.05, 4.69) is 30.0 Å². The molecule has 0 unspecified atom stereocenters. The molecule has 12 nitrogen and oxygen atoms in total. The van der Waals surface area contributed by atoms with Gasteiger partial charge in [-0.15, -0.1) is 0 Å². The fourth-order valence-corrected chi connectivity index (χ4v) is 0.707. The second kappa shape index (κ2) is 19.4. The van der Waals surface area contributed by atoms with Crippen molar-refractivity contribution in [3.8, 4) is 0 Å². The molecule has 3 aliphatic heterocycles. The van der Waals surface area contributed by atoms with Crippen LogP contribution in [-0.4, -0.2) is 69.2 Å². The van der Waals surface area contributed by atoms with Gasteiger partial charge >= 0.3 is 58.4 Å². The Morgan fingerprint density at radius 1 is 0.500 bits per heavy atom. The quantitative estimate of drug-likeness (QED) is 0.242. The van der Waals surface area contributed by atoms with E-state index < -0.39 is 11.9 Å². The molecule has 0 saturated heterocycles. The molecule has 0 aromatic carbocycles. The predicted octanol–water partition coefficient (Wildman–Crippen LogP) is -7.25. The van der Waals surface area contributed by atoms with Gasteiger partial charge in [-0.05, 0) is 0 Å². The standard InChI is InChI=1S/3C3H4N2.C2O6.3Zn/c3*1-2-5-3-4-1;3-1(4,5)2(6,7)8;;;/h3*1,3H,2H2;;;;/q;;;-6;3*+2. The average molecular weight is 520 g/mol. The van der Waals surface area contributed by atoms with Gasteiger partial charge in [-0.2, -0.15) is 0 Å². The van der Waals surface area contributed by atoms with Gasteiger partial charge in [0.25, 0.3) is 0 Å². The van der Waals surface area contributed by atoms with E-state index in [1.165, 1.54) is 0 Å². The van der Waals surface area contributed by atoms with Gasteiger partial charge in [0.15, 0.2) is 0 Å². The normalized spacial score (nSPS) is 14.5. The Morgan fingerprint density at radius 2 is 0.731 bits per heavy atom. The summed E-state index contributed by atoms with van der Waals surface area (Å²) in [4.78, 5) is 22.2. The Balaban J connectivity index is -0.000000121. The van der Waals surface area contributed by atoms with Crippen molar-refractivity contribution in [2.45, 2.75) is 11.9 Å². The summed E-state index contributed by atoms with van der Waals surface area (Å²) in [6.07, 6.45) is 9.96. The summed E-state index contributed by atoms with van der Waals surface area (Å²) in [7, 11) is 0. The van der Waals surface area contributed by atoms with E-state index in [-0.39, 0.29) is 58.4 Å². The van der Waals surface area contributed by atoms with Crippen molar-refractivity contribution in [3.63, 3.8) is 0 Å². The fraction of sp³-hybridized carbons (Fsp3) is 0.455. The molecular weight excluding hydrogens is 508 g/mol. The number of rotatable bonds is 1. The van der Waals surface area contributed by atoms with Crippen molar-refractivity contribution >= 4 is 37.7 Å². The van der Waals surface area contributed by atoms with E-state index in [0.717, 1.165) is 19.6 Å². The van der Waals surface area contributed by atoms with Crippen LogP contribution in [0.2, 0.25) is 0 Å². The Kier molecular flexibility index (Phi) is 24.8. The zero-order valence-corrected chi connectivity index (χ0v) is 22.7. The fourth-order valence-electron chi connectivity index (χ4n) is 0.707. The predicted molar refractivity (Wildman–Crippen MR) is 71.0 cm³/mol. The first-order valence-corrected chi connectivity index (χ1v) is 5.97. The molecule has 3 heterocycles. The monoisotopic (exact) mass is 516 g/mol. The molecule has 0 atom stereocenters. The third-order valence-corrected chi connectivity index (χ3v) is 1.70. The van der Waals surface area contributed by atoms with Crippen LogP contribution in [0.15, 0.2) is 30.0 Å². The van der Waals surface area contributed by atoms with Crippen molar-refractivity contribution in [2.24, 2.45) is 30.0 Å². The molecule has 0 saturated carbocycles. The van der Waals surface area contributed by atoms with Gasteiger partial charge in [-0.3, -0.25) is 15.0 Å². The molecule has 0 radical (unpaired) electrons. The van der Waals surface area contributed by atoms with Gasteiger partial charge in [0.2, 0.25) is 0 Å². The molecule has 15 heteroatoms. The molecule has 0 aliphatic carbocycles. The molecule has 3 aliphatic rings. The van der Waals surface area contributed by atoms with Crippen LogP contribution in [0.3, 0.4) is 0 Å². The van der Waals surface area contributed by atoms with Crippen molar-refractivity contribution in [1.29, 1.82) is 0 Å². The maximum Gasteiger partial charge on any atom is 2.00 e. The van der Waals surface area contributed by atoms with Crippen LogP contribution in [-0.2, 0) is 58.4 Å². The molecule has 0 fully saturated rings. The van der Waals surface area contributed by atoms with Gasteiger partial charge in [0, 0.05) is 18.6 Å². The van der Waals surface area contributed by atoms with Crippen LogP contribution in [0.4, 0.5) is 0 Å². The number of nitrogens with zero attached hydrogens (tertiary/aromatic N) is 6. The van der Waals surface area contributed by atoms with Crippen LogP contribution in [0.25, 0.3) is 0 Å². The number of hydrogen-bond acceptors (Lipinski definition) is 12. The third-order valence-electron chi connectivity index (χ3n) is 1.70. The van der Waals surface area contributed by atoms with Crippen LogP contribution in [0, 0.1) is 0 Å². The van der Waals surface area contributed by atoms with Crippen LogP contribution >= 0.6 is 0 Å². The first-order valence-electron chi connectivity index (χ1n) is 5.97. The minimum Gasteiger partial charge on any atom is -0.879 e. The maximum absolute atomic E-state index is 9.08. The smallest absolute Gasteiger partial charge is 0.879 e. The summed E-state index contributed by atoms with van der Waals surface area (Å²) in [6.45, 7) is 2.33. The summed E-state index contributed by atoms with van der Waals surface area (Å²) in [5.41, 5.74) is 0. The van der Waals surface area contributed by atoms with Crippen molar-refractivity contribution in [3.05, 3.63) is 0 Å². The summed E-state index contributed by atoms with van der Waals surface area (Å²) in [5, 5.41) is 54.5. The summed E-state index contributed by atoms with van der Waals surface area (Å²) in [5.74, 6) is -9.96. The Hall–Kier alpha value is -0.350. The van der Waals surface area contributed by atoms with E-state index in [9.17, 15) is 0 Å². The Morgan fingerprint density at radius 3 is 0.769 bits per heavy atom. The van der Waals surface area contributed by atoms with E-state index in [4.69, 9.17) is 30.6 Å². The molecular formula is C11H12N6O6Zn3. The minimum atomic E-state index is -4.98. The van der Waals surface area contributed by atoms with Crippen molar-refractivity contribution in [1.82, 2.24) is 0 Å². The van der Waals surface area contributed by atoms with Gasteiger partial charge < -0.3 is 42.6 Å². The molecule has 3 rings (SSSR count). The Bertz CT molecular complexity index is 405. The molecule has 0 N–H and O–H groups in total. The molecule has 0 aromatic heterocycles. The maximum atomic E-state index is 9.08. The van der Waals surface area contributed by atoms with E-state index >= 15 is 0 Å². The second-order valence-electron chi connectivity index (χ2n) is 3.55. The van der Waals surface area contributed by atoms with Gasteiger partial charge in [0.1, 0.15) is 19.0 Å². The van der Waals surface area contributed by atoms with E-state index in [1.54, 1.807) is 37.7 Å². The van der Waals surface area contributed by atoms with E-state index in [0.29, 0.717) is 0 Å². The van der Waals surface area contributed by atoms with Gasteiger partial charge in [-0.1, -0.05) is 0 Å². The van der Waals surface area contributed by atoms with Crippen LogP contribution < -0.4 is 30.6 Å². The topological polar surface area (TPSA) is 213 Å². The van der Waals surface area contributed by atoms with Crippen LogP contribution in [0.1, 0.15) is 0 Å².